The minimum absolute atomic E-state index is 0.143. The van der Waals surface area contributed by atoms with Gasteiger partial charge in [0.05, 0.1) is 6.04 Å². The molecule has 1 heterocycles. The summed E-state index contributed by atoms with van der Waals surface area (Å²) in [4.78, 5) is 2.44. The van der Waals surface area contributed by atoms with Gasteiger partial charge >= 0.3 is 0 Å². The van der Waals surface area contributed by atoms with E-state index >= 15 is 0 Å². The van der Waals surface area contributed by atoms with Crippen molar-refractivity contribution >= 4 is 40.3 Å². The summed E-state index contributed by atoms with van der Waals surface area (Å²) in [7, 11) is 0. The lowest BCUT2D eigenvalue weighted by Gasteiger charge is -2.20. The van der Waals surface area contributed by atoms with Crippen LogP contribution in [0, 0.1) is 0 Å². The summed E-state index contributed by atoms with van der Waals surface area (Å²) in [5, 5.41) is 7.82. The van der Waals surface area contributed by atoms with Crippen molar-refractivity contribution in [1.82, 2.24) is 5.32 Å². The smallest absolute Gasteiger partial charge is 0.171 e. The molecule has 0 unspecified atom stereocenters. The molecule has 1 aliphatic rings. The third kappa shape index (κ3) is 4.40. The molecule has 1 fully saturated rings. The summed E-state index contributed by atoms with van der Waals surface area (Å²) in [5.74, 6) is 0. The molecule has 0 amide bonds. The highest BCUT2D eigenvalue weighted by Crippen LogP contribution is 2.22. The van der Waals surface area contributed by atoms with Crippen molar-refractivity contribution in [3.05, 3.63) is 59.1 Å². The van der Waals surface area contributed by atoms with E-state index in [1.165, 1.54) is 37.2 Å². The predicted octanol–water partition coefficient (Wildman–Crippen LogP) is 4.99. The second-order valence-corrected chi connectivity index (χ2v) is 6.96. The second-order valence-electron chi connectivity index (χ2n) is 6.11. The number of nitrogens with one attached hydrogen (secondary N) is 2. The predicted molar refractivity (Wildman–Crippen MR) is 107 cm³/mol. The van der Waals surface area contributed by atoms with Gasteiger partial charge in [0.2, 0.25) is 0 Å². The van der Waals surface area contributed by atoms with Crippen LogP contribution in [-0.2, 0) is 0 Å². The molecule has 0 radical (unpaired) electrons. The lowest BCUT2D eigenvalue weighted by molar-refractivity contribution is 0.722. The summed E-state index contributed by atoms with van der Waals surface area (Å²) in [6, 6.07) is 16.4. The molecule has 0 aliphatic carbocycles. The fourth-order valence-corrected chi connectivity index (χ4v) is 3.35. The molecule has 3 nitrogen and oxygen atoms in total. The van der Waals surface area contributed by atoms with E-state index in [4.69, 9.17) is 23.8 Å². The van der Waals surface area contributed by atoms with Crippen molar-refractivity contribution in [2.75, 3.05) is 23.3 Å². The van der Waals surface area contributed by atoms with Gasteiger partial charge in [0.1, 0.15) is 0 Å². The first-order valence-corrected chi connectivity index (χ1v) is 9.08. The average molecular weight is 360 g/mol. The first kappa shape index (κ1) is 17.1. The van der Waals surface area contributed by atoms with E-state index in [0.29, 0.717) is 10.1 Å². The van der Waals surface area contributed by atoms with Crippen LogP contribution in [0.3, 0.4) is 0 Å². The summed E-state index contributed by atoms with van der Waals surface area (Å²) in [6.45, 7) is 4.45. The maximum atomic E-state index is 5.89. The van der Waals surface area contributed by atoms with Crippen molar-refractivity contribution in [1.29, 1.82) is 0 Å². The molecule has 1 aliphatic heterocycles. The summed E-state index contributed by atoms with van der Waals surface area (Å²) in [6.07, 6.45) is 2.59. The lowest BCUT2D eigenvalue weighted by atomic mass is 10.1. The molecular weight excluding hydrogens is 338 g/mol. The van der Waals surface area contributed by atoms with Crippen LogP contribution in [0.1, 0.15) is 31.4 Å². The van der Waals surface area contributed by atoms with Gasteiger partial charge in [0.15, 0.2) is 5.11 Å². The molecule has 0 aromatic heterocycles. The van der Waals surface area contributed by atoms with Gasteiger partial charge in [0.25, 0.3) is 0 Å². The molecular formula is C19H22ClN3S. The van der Waals surface area contributed by atoms with E-state index in [2.05, 4.69) is 46.7 Å². The van der Waals surface area contributed by atoms with Crippen LogP contribution < -0.4 is 15.5 Å². The molecule has 1 saturated heterocycles. The van der Waals surface area contributed by atoms with Crippen molar-refractivity contribution < 1.29 is 0 Å². The average Bonchev–Trinajstić information content (AvgIpc) is 3.11. The largest absolute Gasteiger partial charge is 0.372 e. The van der Waals surface area contributed by atoms with E-state index < -0.39 is 0 Å². The summed E-state index contributed by atoms with van der Waals surface area (Å²) >= 11 is 11.3. The van der Waals surface area contributed by atoms with Gasteiger partial charge < -0.3 is 15.5 Å². The molecule has 24 heavy (non-hydrogen) atoms. The topological polar surface area (TPSA) is 27.3 Å². The zero-order valence-electron chi connectivity index (χ0n) is 13.8. The zero-order chi connectivity index (χ0) is 16.9. The SMILES string of the molecule is C[C@H](NC(=S)Nc1ccc(Cl)cc1)c1ccc(N2CCCC2)cc1. The van der Waals surface area contributed by atoms with Crippen molar-refractivity contribution in [2.45, 2.75) is 25.8 Å². The Bertz CT molecular complexity index is 679. The molecule has 2 aromatic rings. The standard InChI is InChI=1S/C19H22ClN3S/c1-14(21-19(24)22-17-8-6-16(20)7-9-17)15-4-10-18(11-5-15)23-12-2-3-13-23/h4-11,14H,2-3,12-13H2,1H3,(H2,21,22,24)/t14-/m0/s1. The normalized spacial score (nSPS) is 15.2. The number of nitrogens with zero attached hydrogens (tertiary/aromatic N) is 1. The Kier molecular flexibility index (Phi) is 5.59. The van der Waals surface area contributed by atoms with Gasteiger partial charge in [-0.3, -0.25) is 0 Å². The third-order valence-corrected chi connectivity index (χ3v) is 4.79. The number of hydrogen-bond donors (Lipinski definition) is 2. The zero-order valence-corrected chi connectivity index (χ0v) is 15.3. The van der Waals surface area contributed by atoms with Crippen LogP contribution in [0.5, 0.6) is 0 Å². The molecule has 0 saturated carbocycles. The minimum atomic E-state index is 0.143. The van der Waals surface area contributed by atoms with E-state index in [1.807, 2.05) is 24.3 Å². The number of thiocarbonyl (C=S) groups is 1. The van der Waals surface area contributed by atoms with Crippen LogP contribution >= 0.6 is 23.8 Å². The minimum Gasteiger partial charge on any atom is -0.372 e. The first-order valence-electron chi connectivity index (χ1n) is 8.30. The van der Waals surface area contributed by atoms with Gasteiger partial charge in [0, 0.05) is 29.5 Å². The summed E-state index contributed by atoms with van der Waals surface area (Å²) in [5.41, 5.74) is 3.46. The Morgan fingerprint density at radius 1 is 1.04 bits per heavy atom. The lowest BCUT2D eigenvalue weighted by Crippen LogP contribution is -2.30. The number of rotatable bonds is 4. The van der Waals surface area contributed by atoms with Gasteiger partial charge in [-0.15, -0.1) is 0 Å². The van der Waals surface area contributed by atoms with E-state index in [0.717, 1.165) is 5.69 Å². The van der Waals surface area contributed by atoms with Gasteiger partial charge in [-0.25, -0.2) is 0 Å². The number of halogens is 1. The second kappa shape index (κ2) is 7.86. The molecule has 126 valence electrons. The van der Waals surface area contributed by atoms with E-state index in [9.17, 15) is 0 Å². The monoisotopic (exact) mass is 359 g/mol. The molecule has 2 N–H and O–H groups in total. The Balaban J connectivity index is 1.56. The summed E-state index contributed by atoms with van der Waals surface area (Å²) < 4.78 is 0. The molecule has 5 heteroatoms. The Morgan fingerprint density at radius 2 is 1.67 bits per heavy atom. The number of benzene rings is 2. The highest BCUT2D eigenvalue weighted by molar-refractivity contribution is 7.80. The molecule has 0 bridgehead atoms. The maximum Gasteiger partial charge on any atom is 0.171 e. The van der Waals surface area contributed by atoms with Crippen LogP contribution in [0.15, 0.2) is 48.5 Å². The Morgan fingerprint density at radius 3 is 2.29 bits per heavy atom. The molecule has 2 aromatic carbocycles. The van der Waals surface area contributed by atoms with Gasteiger partial charge in [-0.2, -0.15) is 0 Å². The van der Waals surface area contributed by atoms with Crippen molar-refractivity contribution in [3.63, 3.8) is 0 Å². The highest BCUT2D eigenvalue weighted by Gasteiger charge is 2.13. The van der Waals surface area contributed by atoms with Gasteiger partial charge in [-0.05, 0) is 73.9 Å². The van der Waals surface area contributed by atoms with Crippen molar-refractivity contribution in [3.8, 4) is 0 Å². The number of anilines is 2. The van der Waals surface area contributed by atoms with Crippen LogP contribution in [0.25, 0.3) is 0 Å². The molecule has 1 atom stereocenters. The quantitative estimate of drug-likeness (QED) is 0.752. The van der Waals surface area contributed by atoms with Gasteiger partial charge in [-0.1, -0.05) is 23.7 Å². The fourth-order valence-electron chi connectivity index (χ4n) is 2.93. The molecule has 3 rings (SSSR count). The Hall–Kier alpha value is -1.78. The highest BCUT2D eigenvalue weighted by atomic mass is 35.5. The molecule has 0 spiro atoms. The van der Waals surface area contributed by atoms with E-state index in [1.54, 1.807) is 0 Å². The van der Waals surface area contributed by atoms with Crippen LogP contribution in [0.2, 0.25) is 5.02 Å². The fraction of sp³-hybridized carbons (Fsp3) is 0.316. The van der Waals surface area contributed by atoms with Crippen molar-refractivity contribution in [2.24, 2.45) is 0 Å². The van der Waals surface area contributed by atoms with Crippen LogP contribution in [0.4, 0.5) is 11.4 Å². The Labute approximate surface area is 154 Å². The first-order chi connectivity index (χ1) is 11.6. The van der Waals surface area contributed by atoms with Crippen LogP contribution in [-0.4, -0.2) is 18.2 Å². The number of hydrogen-bond acceptors (Lipinski definition) is 2. The van der Waals surface area contributed by atoms with E-state index in [-0.39, 0.29) is 6.04 Å². The third-order valence-electron chi connectivity index (χ3n) is 4.31. The maximum absolute atomic E-state index is 5.89.